The van der Waals surface area contributed by atoms with E-state index in [1.54, 1.807) is 0 Å². The van der Waals surface area contributed by atoms with E-state index in [1.807, 2.05) is 36.4 Å². The van der Waals surface area contributed by atoms with Crippen molar-refractivity contribution in [1.29, 1.82) is 0 Å². The summed E-state index contributed by atoms with van der Waals surface area (Å²) in [4.78, 5) is 0. The van der Waals surface area contributed by atoms with Gasteiger partial charge in [0.2, 0.25) is 0 Å². The first-order chi connectivity index (χ1) is 14.9. The maximum atomic E-state index is 6.27. The first kappa shape index (κ1) is 28.6. The molecule has 0 heterocycles. The molecule has 0 aliphatic carbocycles. The van der Waals surface area contributed by atoms with Crippen LogP contribution >= 0.6 is 150 Å². The fourth-order valence-corrected chi connectivity index (χ4v) is 12.3. The van der Waals surface area contributed by atoms with Crippen molar-refractivity contribution in [1.82, 2.24) is 0 Å². The Labute approximate surface area is 265 Å². The van der Waals surface area contributed by atoms with Gasteiger partial charge in [-0.1, -0.05) is 47.8 Å². The van der Waals surface area contributed by atoms with Gasteiger partial charge in [0.05, 0.1) is 26.8 Å². The summed E-state index contributed by atoms with van der Waals surface area (Å²) in [6.07, 6.45) is 0. The largest absolute Gasteiger partial charge is 0.490 e. The molecule has 14 heteroatoms. The maximum Gasteiger partial charge on any atom is 0.490 e. The molecule has 0 radical (unpaired) electrons. The van der Waals surface area contributed by atoms with Gasteiger partial charge in [0, 0.05) is 25.2 Å². The van der Waals surface area contributed by atoms with Crippen LogP contribution in [0.4, 0.5) is 0 Å². The highest BCUT2D eigenvalue weighted by Gasteiger charge is 2.32. The highest BCUT2D eigenvalue weighted by Crippen LogP contribution is 2.57. The third kappa shape index (κ3) is 7.29. The van der Waals surface area contributed by atoms with Gasteiger partial charge in [-0.25, -0.2) is 0 Å². The van der Waals surface area contributed by atoms with Crippen LogP contribution < -0.4 is 13.6 Å². The molecular formula is C18H6Br9O3PS. The lowest BCUT2D eigenvalue weighted by molar-refractivity contribution is 0.378. The van der Waals surface area contributed by atoms with Gasteiger partial charge in [-0.3, -0.25) is 0 Å². The van der Waals surface area contributed by atoms with Crippen LogP contribution in [0.3, 0.4) is 0 Å². The second-order valence-corrected chi connectivity index (χ2v) is 16.5. The van der Waals surface area contributed by atoms with Crippen LogP contribution in [-0.2, 0) is 11.8 Å². The normalized spacial score (nSPS) is 11.4. The Morgan fingerprint density at radius 1 is 0.438 bits per heavy atom. The third-order valence-electron chi connectivity index (χ3n) is 3.50. The fourth-order valence-electron chi connectivity index (χ4n) is 2.24. The van der Waals surface area contributed by atoms with Gasteiger partial charge >= 0.3 is 6.72 Å². The fraction of sp³-hybridized carbons (Fsp3) is 0. The predicted octanol–water partition coefficient (Wildman–Crippen LogP) is 12.3. The van der Waals surface area contributed by atoms with Crippen LogP contribution in [0.5, 0.6) is 17.2 Å². The molecule has 0 N–H and O–H groups in total. The maximum absolute atomic E-state index is 6.27. The van der Waals surface area contributed by atoms with Crippen molar-refractivity contribution >= 4 is 162 Å². The molecule has 0 unspecified atom stereocenters. The van der Waals surface area contributed by atoms with Crippen molar-refractivity contribution in [2.45, 2.75) is 0 Å². The molecule has 32 heavy (non-hydrogen) atoms. The predicted molar refractivity (Wildman–Crippen MR) is 165 cm³/mol. The van der Waals surface area contributed by atoms with E-state index in [9.17, 15) is 0 Å². The van der Waals surface area contributed by atoms with Crippen LogP contribution in [0, 0.1) is 0 Å². The average molecular weight is 1050 g/mol. The molecule has 0 spiro atoms. The number of halogens is 9. The van der Waals surface area contributed by atoms with E-state index in [0.717, 1.165) is 13.4 Å². The Morgan fingerprint density at radius 2 is 0.625 bits per heavy atom. The lowest BCUT2D eigenvalue weighted by Crippen LogP contribution is -2.09. The molecule has 0 fully saturated rings. The highest BCUT2D eigenvalue weighted by molar-refractivity contribution is 9.12. The first-order valence-corrected chi connectivity index (χ1v) is 17.7. The zero-order chi connectivity index (χ0) is 23.8. The van der Waals surface area contributed by atoms with Gasteiger partial charge in [-0.05, 0) is 132 Å². The van der Waals surface area contributed by atoms with Crippen molar-refractivity contribution in [3.05, 3.63) is 76.7 Å². The Morgan fingerprint density at radius 3 is 0.812 bits per heavy atom. The van der Waals surface area contributed by atoms with E-state index in [2.05, 4.69) is 143 Å². The standard InChI is InChI=1S/C18H6Br9O3PS/c19-7-1-10(22)16(11(23)2-7)28-31(32,29-17-12(24)3-8(20)4-13(17)25)30-18-14(26)5-9(21)6-15(18)27/h1-6H. The summed E-state index contributed by atoms with van der Waals surface area (Å²) in [5.41, 5.74) is 0. The van der Waals surface area contributed by atoms with E-state index in [1.165, 1.54) is 0 Å². The van der Waals surface area contributed by atoms with E-state index >= 15 is 0 Å². The molecule has 0 atom stereocenters. The molecule has 0 amide bonds. The highest BCUT2D eigenvalue weighted by atomic mass is 79.9. The quantitative estimate of drug-likeness (QED) is 0.230. The Kier molecular flexibility index (Phi) is 10.8. The minimum atomic E-state index is -3.48. The van der Waals surface area contributed by atoms with Crippen LogP contribution in [0.2, 0.25) is 0 Å². The molecule has 170 valence electrons. The molecular weight excluding hydrogens is 1050 g/mol. The molecule has 0 aliphatic rings. The zero-order valence-electron chi connectivity index (χ0n) is 14.9. The van der Waals surface area contributed by atoms with Crippen LogP contribution in [-0.4, -0.2) is 0 Å². The van der Waals surface area contributed by atoms with Gasteiger partial charge in [0.15, 0.2) is 17.2 Å². The van der Waals surface area contributed by atoms with Gasteiger partial charge in [0.1, 0.15) is 0 Å². The smallest absolute Gasteiger partial charge is 0.405 e. The van der Waals surface area contributed by atoms with E-state index in [4.69, 9.17) is 25.4 Å². The summed E-state index contributed by atoms with van der Waals surface area (Å²) in [5.74, 6) is 1.35. The molecule has 3 aromatic rings. The molecule has 0 saturated heterocycles. The van der Waals surface area contributed by atoms with Gasteiger partial charge in [-0.15, -0.1) is 0 Å². The average Bonchev–Trinajstić information content (AvgIpc) is 2.64. The Hall–Kier alpha value is 2.03. The van der Waals surface area contributed by atoms with Crippen molar-refractivity contribution < 1.29 is 13.6 Å². The lowest BCUT2D eigenvalue weighted by atomic mass is 10.3. The second-order valence-electron chi connectivity index (χ2n) is 5.82. The summed E-state index contributed by atoms with van der Waals surface area (Å²) < 4.78 is 25.4. The Bertz CT molecular complexity index is 1030. The number of hydrogen-bond acceptors (Lipinski definition) is 4. The van der Waals surface area contributed by atoms with Gasteiger partial charge < -0.3 is 13.6 Å². The summed E-state index contributed by atoms with van der Waals surface area (Å²) in [6, 6.07) is 11.1. The minimum Gasteiger partial charge on any atom is -0.405 e. The molecule has 3 nitrogen and oxygen atoms in total. The summed E-state index contributed by atoms with van der Waals surface area (Å²) in [6.45, 7) is -3.48. The molecule has 3 aromatic carbocycles. The summed E-state index contributed by atoms with van der Waals surface area (Å²) in [7, 11) is 0. The van der Waals surface area contributed by atoms with Gasteiger partial charge in [-0.2, -0.15) is 0 Å². The third-order valence-corrected chi connectivity index (χ3v) is 10.3. The van der Waals surface area contributed by atoms with E-state index < -0.39 is 6.72 Å². The lowest BCUT2D eigenvalue weighted by Gasteiger charge is -2.26. The summed E-state index contributed by atoms with van der Waals surface area (Å²) >= 11 is 37.4. The van der Waals surface area contributed by atoms with Crippen LogP contribution in [0.25, 0.3) is 0 Å². The van der Waals surface area contributed by atoms with E-state index in [0.29, 0.717) is 44.1 Å². The van der Waals surface area contributed by atoms with Crippen LogP contribution in [0.1, 0.15) is 0 Å². The van der Waals surface area contributed by atoms with Crippen molar-refractivity contribution in [3.63, 3.8) is 0 Å². The molecule has 0 aliphatic heterocycles. The van der Waals surface area contributed by atoms with Crippen molar-refractivity contribution in [2.75, 3.05) is 0 Å². The molecule has 3 rings (SSSR count). The monoisotopic (exact) mass is 1040 g/mol. The summed E-state index contributed by atoms with van der Waals surface area (Å²) in [5, 5.41) is 0. The number of hydrogen-bond donors (Lipinski definition) is 0. The minimum absolute atomic E-state index is 0.449. The molecule has 0 bridgehead atoms. The molecule has 0 saturated carbocycles. The first-order valence-electron chi connectivity index (χ1n) is 8.01. The Balaban J connectivity index is 2.12. The van der Waals surface area contributed by atoms with E-state index in [-0.39, 0.29) is 0 Å². The topological polar surface area (TPSA) is 27.7 Å². The number of rotatable bonds is 6. The molecule has 0 aromatic heterocycles. The number of benzene rings is 3. The van der Waals surface area contributed by atoms with Crippen molar-refractivity contribution in [2.24, 2.45) is 0 Å². The second kappa shape index (κ2) is 12.0. The zero-order valence-corrected chi connectivity index (χ0v) is 30.9. The van der Waals surface area contributed by atoms with Crippen LogP contribution in [0.15, 0.2) is 76.7 Å². The van der Waals surface area contributed by atoms with Crippen molar-refractivity contribution in [3.8, 4) is 17.2 Å². The SMILES string of the molecule is S=P(Oc1c(Br)cc(Br)cc1Br)(Oc1c(Br)cc(Br)cc1Br)Oc1c(Br)cc(Br)cc1Br. The van der Waals surface area contributed by atoms with Gasteiger partial charge in [0.25, 0.3) is 0 Å².